The number of rotatable bonds is 9. The highest BCUT2D eigenvalue weighted by Crippen LogP contribution is 2.31. The Morgan fingerprint density at radius 3 is 2.55 bits per heavy atom. The Labute approximate surface area is 123 Å². The summed E-state index contributed by atoms with van der Waals surface area (Å²) in [6, 6.07) is 6.56. The molecule has 0 amide bonds. The molecule has 0 aliphatic carbocycles. The third-order valence-corrected chi connectivity index (χ3v) is 3.66. The van der Waals surface area contributed by atoms with Gasteiger partial charge >= 0.3 is 0 Å². The SMILES string of the molecule is CCOc1cccc(CNC(C)CC(C)CC)c1OC. The Morgan fingerprint density at radius 2 is 1.95 bits per heavy atom. The van der Waals surface area contributed by atoms with E-state index in [1.807, 2.05) is 19.1 Å². The van der Waals surface area contributed by atoms with Gasteiger partial charge in [0.2, 0.25) is 0 Å². The molecule has 3 nitrogen and oxygen atoms in total. The van der Waals surface area contributed by atoms with Gasteiger partial charge in [0, 0.05) is 18.2 Å². The molecule has 1 N–H and O–H groups in total. The topological polar surface area (TPSA) is 30.5 Å². The summed E-state index contributed by atoms with van der Waals surface area (Å²) in [5.41, 5.74) is 1.15. The largest absolute Gasteiger partial charge is 0.493 e. The van der Waals surface area contributed by atoms with Crippen LogP contribution in [0.25, 0.3) is 0 Å². The first-order valence-corrected chi connectivity index (χ1v) is 7.64. The van der Waals surface area contributed by atoms with Gasteiger partial charge in [-0.25, -0.2) is 0 Å². The molecule has 2 unspecified atom stereocenters. The second kappa shape index (κ2) is 8.85. The monoisotopic (exact) mass is 279 g/mol. The number of methoxy groups -OCH3 is 1. The number of para-hydroxylation sites is 1. The van der Waals surface area contributed by atoms with Gasteiger partial charge in [-0.05, 0) is 32.3 Å². The molecule has 1 rings (SSSR count). The molecule has 0 heterocycles. The molecule has 0 fully saturated rings. The van der Waals surface area contributed by atoms with E-state index in [1.165, 1.54) is 12.8 Å². The van der Waals surface area contributed by atoms with Gasteiger partial charge in [-0.15, -0.1) is 0 Å². The van der Waals surface area contributed by atoms with Crippen molar-refractivity contribution >= 4 is 0 Å². The van der Waals surface area contributed by atoms with Crippen LogP contribution < -0.4 is 14.8 Å². The molecular formula is C17H29NO2. The highest BCUT2D eigenvalue weighted by molar-refractivity contribution is 5.46. The fraction of sp³-hybridized carbons (Fsp3) is 0.647. The molecule has 0 aliphatic rings. The third kappa shape index (κ3) is 5.04. The van der Waals surface area contributed by atoms with Gasteiger partial charge in [0.15, 0.2) is 11.5 Å². The first kappa shape index (κ1) is 16.8. The molecule has 0 spiro atoms. The number of hydrogen-bond acceptors (Lipinski definition) is 3. The number of ether oxygens (including phenoxy) is 2. The van der Waals surface area contributed by atoms with Crippen molar-refractivity contribution in [1.29, 1.82) is 0 Å². The quantitative estimate of drug-likeness (QED) is 0.741. The highest BCUT2D eigenvalue weighted by atomic mass is 16.5. The van der Waals surface area contributed by atoms with Gasteiger partial charge in [-0.3, -0.25) is 0 Å². The van der Waals surface area contributed by atoms with Crippen LogP contribution in [0.3, 0.4) is 0 Å². The Bertz CT molecular complexity index is 393. The molecule has 114 valence electrons. The van der Waals surface area contributed by atoms with Crippen molar-refractivity contribution in [3.8, 4) is 11.5 Å². The first-order chi connectivity index (χ1) is 9.62. The van der Waals surface area contributed by atoms with Gasteiger partial charge in [-0.2, -0.15) is 0 Å². The maximum absolute atomic E-state index is 5.60. The van der Waals surface area contributed by atoms with E-state index in [-0.39, 0.29) is 0 Å². The Morgan fingerprint density at radius 1 is 1.20 bits per heavy atom. The van der Waals surface area contributed by atoms with Crippen molar-refractivity contribution < 1.29 is 9.47 Å². The number of benzene rings is 1. The minimum atomic E-state index is 0.505. The number of hydrogen-bond donors (Lipinski definition) is 1. The zero-order valence-electron chi connectivity index (χ0n) is 13.5. The van der Waals surface area contributed by atoms with E-state index < -0.39 is 0 Å². The lowest BCUT2D eigenvalue weighted by Gasteiger charge is -2.19. The van der Waals surface area contributed by atoms with E-state index in [1.54, 1.807) is 7.11 Å². The van der Waals surface area contributed by atoms with E-state index >= 15 is 0 Å². The third-order valence-electron chi connectivity index (χ3n) is 3.66. The van der Waals surface area contributed by atoms with Gasteiger partial charge in [0.05, 0.1) is 13.7 Å². The smallest absolute Gasteiger partial charge is 0.165 e. The lowest BCUT2D eigenvalue weighted by molar-refractivity contribution is 0.308. The molecule has 3 heteroatoms. The van der Waals surface area contributed by atoms with Crippen LogP contribution >= 0.6 is 0 Å². The normalized spacial score (nSPS) is 13.8. The molecule has 1 aromatic rings. The van der Waals surface area contributed by atoms with Crippen molar-refractivity contribution in [2.45, 2.75) is 53.1 Å². The average molecular weight is 279 g/mol. The Hall–Kier alpha value is -1.22. The second-order valence-corrected chi connectivity index (χ2v) is 5.41. The van der Waals surface area contributed by atoms with E-state index in [9.17, 15) is 0 Å². The molecule has 1 aromatic carbocycles. The van der Waals surface area contributed by atoms with Crippen LogP contribution in [0.1, 0.15) is 46.1 Å². The van der Waals surface area contributed by atoms with Crippen molar-refractivity contribution in [3.05, 3.63) is 23.8 Å². The Kier molecular flexibility index (Phi) is 7.45. The number of nitrogens with one attached hydrogen (secondary N) is 1. The summed E-state index contributed by atoms with van der Waals surface area (Å²) >= 11 is 0. The second-order valence-electron chi connectivity index (χ2n) is 5.41. The lowest BCUT2D eigenvalue weighted by atomic mass is 10.0. The summed E-state index contributed by atoms with van der Waals surface area (Å²) < 4.78 is 11.1. The zero-order valence-corrected chi connectivity index (χ0v) is 13.5. The van der Waals surface area contributed by atoms with Crippen LogP contribution in [0, 0.1) is 5.92 Å². The Balaban J connectivity index is 2.65. The van der Waals surface area contributed by atoms with Crippen LogP contribution in [0.5, 0.6) is 11.5 Å². The van der Waals surface area contributed by atoms with Crippen LogP contribution in [0.15, 0.2) is 18.2 Å². The molecule has 0 bridgehead atoms. The molecule has 0 aromatic heterocycles. The van der Waals surface area contributed by atoms with Crippen molar-refractivity contribution in [2.75, 3.05) is 13.7 Å². The van der Waals surface area contributed by atoms with Gasteiger partial charge < -0.3 is 14.8 Å². The summed E-state index contributed by atoms with van der Waals surface area (Å²) in [6.07, 6.45) is 2.43. The van der Waals surface area contributed by atoms with E-state index in [0.717, 1.165) is 29.5 Å². The minimum Gasteiger partial charge on any atom is -0.493 e. The molecular weight excluding hydrogens is 250 g/mol. The fourth-order valence-corrected chi connectivity index (χ4v) is 2.34. The van der Waals surface area contributed by atoms with E-state index in [2.05, 4.69) is 32.2 Å². The molecule has 0 aliphatic heterocycles. The van der Waals surface area contributed by atoms with Crippen LogP contribution in [0.2, 0.25) is 0 Å². The predicted molar refractivity (Wildman–Crippen MR) is 84.5 cm³/mol. The molecule has 20 heavy (non-hydrogen) atoms. The lowest BCUT2D eigenvalue weighted by Crippen LogP contribution is -2.27. The van der Waals surface area contributed by atoms with Crippen LogP contribution in [-0.4, -0.2) is 19.8 Å². The van der Waals surface area contributed by atoms with Crippen molar-refractivity contribution in [3.63, 3.8) is 0 Å². The fourth-order valence-electron chi connectivity index (χ4n) is 2.34. The standard InChI is InChI=1S/C17H29NO2/c1-6-13(3)11-14(4)18-12-15-9-8-10-16(20-7-2)17(15)19-5/h8-10,13-14,18H,6-7,11-12H2,1-5H3. The molecule has 0 saturated carbocycles. The predicted octanol–water partition coefficient (Wildman–Crippen LogP) is 4.01. The van der Waals surface area contributed by atoms with Crippen LogP contribution in [0.4, 0.5) is 0 Å². The summed E-state index contributed by atoms with van der Waals surface area (Å²) in [6.45, 7) is 10.2. The summed E-state index contributed by atoms with van der Waals surface area (Å²) in [7, 11) is 1.70. The van der Waals surface area contributed by atoms with Crippen molar-refractivity contribution in [1.82, 2.24) is 5.32 Å². The maximum Gasteiger partial charge on any atom is 0.165 e. The van der Waals surface area contributed by atoms with E-state index in [0.29, 0.717) is 12.6 Å². The molecule has 2 atom stereocenters. The van der Waals surface area contributed by atoms with E-state index in [4.69, 9.17) is 9.47 Å². The molecule has 0 radical (unpaired) electrons. The van der Waals surface area contributed by atoms with Gasteiger partial charge in [-0.1, -0.05) is 32.4 Å². The minimum absolute atomic E-state index is 0.505. The zero-order chi connectivity index (χ0) is 15.0. The highest BCUT2D eigenvalue weighted by Gasteiger charge is 2.12. The summed E-state index contributed by atoms with van der Waals surface area (Å²) in [5.74, 6) is 2.43. The average Bonchev–Trinajstić information content (AvgIpc) is 2.45. The van der Waals surface area contributed by atoms with Crippen LogP contribution in [-0.2, 0) is 6.54 Å². The summed E-state index contributed by atoms with van der Waals surface area (Å²) in [5, 5.41) is 3.57. The maximum atomic E-state index is 5.60. The molecule has 0 saturated heterocycles. The van der Waals surface area contributed by atoms with Crippen molar-refractivity contribution in [2.24, 2.45) is 5.92 Å². The summed E-state index contributed by atoms with van der Waals surface area (Å²) in [4.78, 5) is 0. The van der Waals surface area contributed by atoms with Gasteiger partial charge in [0.1, 0.15) is 0 Å². The first-order valence-electron chi connectivity index (χ1n) is 7.64. The van der Waals surface area contributed by atoms with Gasteiger partial charge in [0.25, 0.3) is 0 Å².